The zero-order valence-corrected chi connectivity index (χ0v) is 12.9. The molecule has 1 fully saturated rings. The maximum atomic E-state index is 13.2. The molecule has 2 aromatic heterocycles. The van der Waals surface area contributed by atoms with Gasteiger partial charge in [0.1, 0.15) is 17.6 Å². The summed E-state index contributed by atoms with van der Waals surface area (Å²) < 4.78 is 52.6. The van der Waals surface area contributed by atoms with Gasteiger partial charge in [-0.15, -0.1) is 0 Å². The number of alkyl halides is 4. The van der Waals surface area contributed by atoms with Crippen LogP contribution in [0.15, 0.2) is 24.5 Å². The van der Waals surface area contributed by atoms with Crippen LogP contribution in [0.25, 0.3) is 0 Å². The minimum Gasteiger partial charge on any atom is -0.478 e. The Bertz CT molecular complexity index is 773. The van der Waals surface area contributed by atoms with E-state index in [0.29, 0.717) is 24.3 Å². The zero-order chi connectivity index (χ0) is 18.2. The lowest BCUT2D eigenvalue weighted by Gasteiger charge is -2.16. The molecule has 0 aromatic carbocycles. The molecule has 0 radical (unpaired) electrons. The normalized spacial score (nSPS) is 17.9. The molecule has 0 spiro atoms. The predicted molar refractivity (Wildman–Crippen MR) is 79.3 cm³/mol. The third-order valence-corrected chi connectivity index (χ3v) is 3.87. The van der Waals surface area contributed by atoms with Crippen LogP contribution in [0, 0.1) is 0 Å². The highest BCUT2D eigenvalue weighted by Gasteiger charge is 2.39. The number of carboxylic acids is 1. The molecule has 3 heterocycles. The Morgan fingerprint density at radius 3 is 2.60 bits per heavy atom. The first kappa shape index (κ1) is 17.2. The lowest BCUT2D eigenvalue weighted by atomic mass is 10.2. The van der Waals surface area contributed by atoms with Crippen LogP contribution in [-0.4, -0.2) is 45.1 Å². The smallest absolute Gasteiger partial charge is 0.436 e. The number of aromatic nitrogens is 3. The first-order chi connectivity index (χ1) is 11.7. The van der Waals surface area contributed by atoms with Gasteiger partial charge in [0.2, 0.25) is 0 Å². The van der Waals surface area contributed by atoms with E-state index in [4.69, 9.17) is 5.11 Å². The van der Waals surface area contributed by atoms with Crippen molar-refractivity contribution in [3.8, 4) is 0 Å². The second-order valence-electron chi connectivity index (χ2n) is 5.75. The second kappa shape index (κ2) is 6.34. The fourth-order valence-electron chi connectivity index (χ4n) is 2.68. The summed E-state index contributed by atoms with van der Waals surface area (Å²) in [4.78, 5) is 16.9. The van der Waals surface area contributed by atoms with E-state index in [9.17, 15) is 22.4 Å². The van der Waals surface area contributed by atoms with E-state index in [1.165, 1.54) is 6.20 Å². The zero-order valence-electron chi connectivity index (χ0n) is 12.9. The van der Waals surface area contributed by atoms with E-state index >= 15 is 0 Å². The molecule has 1 N–H and O–H groups in total. The Balaban J connectivity index is 1.77. The molecule has 1 aliphatic rings. The van der Waals surface area contributed by atoms with Crippen LogP contribution >= 0.6 is 0 Å². The maximum Gasteiger partial charge on any atom is 0.436 e. The summed E-state index contributed by atoms with van der Waals surface area (Å²) in [6.45, 7) is 0.765. The molecule has 0 amide bonds. The third-order valence-electron chi connectivity index (χ3n) is 3.87. The standard InChI is InChI=1S/C15H14F4N4O2/c16-10-3-4-22(7-10)12-2-1-9(5-20-12)6-23-8-11(14(24)25)13(21-23)15(17,18)19/h1-2,5,8,10H,3-4,6-7H2,(H,24,25)/t10-/m0/s1. The maximum absolute atomic E-state index is 13.2. The molecule has 134 valence electrons. The van der Waals surface area contributed by atoms with Crippen molar-refractivity contribution in [1.82, 2.24) is 14.8 Å². The minimum absolute atomic E-state index is 0.0601. The van der Waals surface area contributed by atoms with Crippen LogP contribution in [-0.2, 0) is 12.7 Å². The van der Waals surface area contributed by atoms with Gasteiger partial charge in [-0.05, 0) is 18.1 Å². The number of hydrogen-bond acceptors (Lipinski definition) is 4. The number of nitrogens with zero attached hydrogens (tertiary/aromatic N) is 4. The molecule has 1 atom stereocenters. The summed E-state index contributed by atoms with van der Waals surface area (Å²) in [7, 11) is 0. The van der Waals surface area contributed by atoms with Crippen molar-refractivity contribution in [2.24, 2.45) is 0 Å². The first-order valence-electron chi connectivity index (χ1n) is 7.46. The minimum atomic E-state index is -4.85. The molecular weight excluding hydrogens is 344 g/mol. The molecule has 25 heavy (non-hydrogen) atoms. The van der Waals surface area contributed by atoms with E-state index in [0.717, 1.165) is 10.9 Å². The topological polar surface area (TPSA) is 71.2 Å². The van der Waals surface area contributed by atoms with Crippen LogP contribution in [0.5, 0.6) is 0 Å². The lowest BCUT2D eigenvalue weighted by molar-refractivity contribution is -0.142. The highest BCUT2D eigenvalue weighted by atomic mass is 19.4. The number of pyridine rings is 1. The SMILES string of the molecule is O=C(O)c1cn(Cc2ccc(N3CC[C@H](F)C3)nc2)nc1C(F)(F)F. The van der Waals surface area contributed by atoms with Gasteiger partial charge in [0.05, 0.1) is 13.1 Å². The predicted octanol–water partition coefficient (Wildman–Crippen LogP) is 2.59. The summed E-state index contributed by atoms with van der Waals surface area (Å²) in [6, 6.07) is 3.29. The molecule has 3 rings (SSSR count). The Morgan fingerprint density at radius 1 is 1.36 bits per heavy atom. The Morgan fingerprint density at radius 2 is 2.12 bits per heavy atom. The van der Waals surface area contributed by atoms with Crippen LogP contribution in [0.2, 0.25) is 0 Å². The Hall–Kier alpha value is -2.65. The summed E-state index contributed by atoms with van der Waals surface area (Å²) in [5.74, 6) is -1.10. The summed E-state index contributed by atoms with van der Waals surface area (Å²) in [6.07, 6.45) is -3.00. The van der Waals surface area contributed by atoms with Crippen LogP contribution in [0.1, 0.15) is 28.0 Å². The highest BCUT2D eigenvalue weighted by molar-refractivity contribution is 5.88. The van der Waals surface area contributed by atoms with Gasteiger partial charge in [-0.1, -0.05) is 6.07 Å². The van der Waals surface area contributed by atoms with E-state index in [2.05, 4.69) is 10.1 Å². The number of halogens is 4. The van der Waals surface area contributed by atoms with Gasteiger partial charge in [-0.2, -0.15) is 18.3 Å². The number of rotatable bonds is 4. The van der Waals surface area contributed by atoms with Gasteiger partial charge >= 0.3 is 12.1 Å². The van der Waals surface area contributed by atoms with Gasteiger partial charge in [-0.25, -0.2) is 14.2 Å². The summed E-state index contributed by atoms with van der Waals surface area (Å²) in [5, 5.41) is 12.2. The average molecular weight is 358 g/mol. The van der Waals surface area contributed by atoms with Crippen LogP contribution < -0.4 is 4.90 Å². The van der Waals surface area contributed by atoms with Crippen molar-refractivity contribution in [2.45, 2.75) is 25.3 Å². The van der Waals surface area contributed by atoms with Gasteiger partial charge in [0.25, 0.3) is 0 Å². The van der Waals surface area contributed by atoms with Gasteiger partial charge in [-0.3, -0.25) is 4.68 Å². The summed E-state index contributed by atoms with van der Waals surface area (Å²) in [5.41, 5.74) is -1.79. The molecule has 0 bridgehead atoms. The Kier molecular flexibility index (Phi) is 4.36. The largest absolute Gasteiger partial charge is 0.478 e. The quantitative estimate of drug-likeness (QED) is 0.851. The Labute approximate surface area is 139 Å². The highest BCUT2D eigenvalue weighted by Crippen LogP contribution is 2.31. The van der Waals surface area contributed by atoms with Crippen molar-refractivity contribution in [2.75, 3.05) is 18.0 Å². The molecule has 0 saturated carbocycles. The van der Waals surface area contributed by atoms with Gasteiger partial charge < -0.3 is 10.0 Å². The van der Waals surface area contributed by atoms with Crippen molar-refractivity contribution < 1.29 is 27.5 Å². The van der Waals surface area contributed by atoms with Gasteiger partial charge in [0.15, 0.2) is 5.69 Å². The van der Waals surface area contributed by atoms with Crippen molar-refractivity contribution >= 4 is 11.8 Å². The number of anilines is 1. The van der Waals surface area contributed by atoms with Crippen LogP contribution in [0.4, 0.5) is 23.4 Å². The molecule has 2 aromatic rings. The number of aromatic carboxylic acids is 1. The number of hydrogen-bond donors (Lipinski definition) is 1. The molecule has 10 heteroatoms. The lowest BCUT2D eigenvalue weighted by Crippen LogP contribution is -2.21. The number of carboxylic acid groups (broad SMARTS) is 1. The number of carbonyl (C=O) groups is 1. The van der Waals surface area contributed by atoms with E-state index in [-0.39, 0.29) is 13.1 Å². The fraction of sp³-hybridized carbons (Fsp3) is 0.400. The fourth-order valence-corrected chi connectivity index (χ4v) is 2.68. The van der Waals surface area contributed by atoms with Crippen molar-refractivity contribution in [3.63, 3.8) is 0 Å². The monoisotopic (exact) mass is 358 g/mol. The van der Waals surface area contributed by atoms with Crippen molar-refractivity contribution in [1.29, 1.82) is 0 Å². The first-order valence-corrected chi connectivity index (χ1v) is 7.46. The third kappa shape index (κ3) is 3.72. The molecule has 1 aliphatic heterocycles. The van der Waals surface area contributed by atoms with Crippen molar-refractivity contribution in [3.05, 3.63) is 41.3 Å². The molecular formula is C15H14F4N4O2. The molecule has 6 nitrogen and oxygen atoms in total. The van der Waals surface area contributed by atoms with E-state index in [1.807, 2.05) is 0 Å². The van der Waals surface area contributed by atoms with E-state index < -0.39 is 29.6 Å². The van der Waals surface area contributed by atoms with Gasteiger partial charge in [0, 0.05) is 18.9 Å². The average Bonchev–Trinajstić information content (AvgIpc) is 3.14. The second-order valence-corrected chi connectivity index (χ2v) is 5.75. The molecule has 0 aliphatic carbocycles. The molecule has 0 unspecified atom stereocenters. The van der Waals surface area contributed by atoms with Crippen LogP contribution in [0.3, 0.4) is 0 Å². The summed E-state index contributed by atoms with van der Waals surface area (Å²) >= 11 is 0. The van der Waals surface area contributed by atoms with E-state index in [1.54, 1.807) is 17.0 Å². The molecule has 1 saturated heterocycles.